The van der Waals surface area contributed by atoms with Gasteiger partial charge in [0.05, 0.1) is 0 Å². The van der Waals surface area contributed by atoms with Crippen molar-refractivity contribution in [3.05, 3.63) is 64.7 Å². The molecule has 1 saturated heterocycles. The molecule has 2 amide bonds. The number of rotatable bonds is 3. The summed E-state index contributed by atoms with van der Waals surface area (Å²) in [5.74, 6) is 0.0971. The van der Waals surface area contributed by atoms with Crippen LogP contribution in [0.3, 0.4) is 0 Å². The predicted octanol–water partition coefficient (Wildman–Crippen LogP) is 4.78. The molecule has 0 atom stereocenters. The van der Waals surface area contributed by atoms with E-state index in [2.05, 4.69) is 5.32 Å². The molecule has 2 aromatic rings. The van der Waals surface area contributed by atoms with E-state index in [1.807, 2.05) is 31.2 Å². The van der Waals surface area contributed by atoms with Gasteiger partial charge in [0, 0.05) is 35.3 Å². The molecule has 1 aliphatic rings. The zero-order valence-electron chi connectivity index (χ0n) is 14.2. The largest absolute Gasteiger partial charge is 0.324 e. The van der Waals surface area contributed by atoms with Crippen molar-refractivity contribution >= 4 is 29.1 Å². The molecule has 0 bridgehead atoms. The average molecular weight is 357 g/mol. The number of likely N-dealkylation sites (tertiary alicyclic amines) is 1. The van der Waals surface area contributed by atoms with Crippen LogP contribution in [0.15, 0.2) is 48.5 Å². The summed E-state index contributed by atoms with van der Waals surface area (Å²) in [7, 11) is 0. The molecule has 1 aliphatic heterocycles. The van der Waals surface area contributed by atoms with Crippen molar-refractivity contribution in [2.75, 3.05) is 18.4 Å². The minimum absolute atomic E-state index is 0.0374. The number of Topliss-reactive ketones (excluding diaryl/α,β-unsaturated/α-hetero) is 1. The Morgan fingerprint density at radius 3 is 2.20 bits per heavy atom. The number of anilines is 1. The Labute approximate surface area is 152 Å². The van der Waals surface area contributed by atoms with Gasteiger partial charge in [-0.2, -0.15) is 0 Å². The normalized spacial score (nSPS) is 15.0. The molecule has 1 heterocycles. The number of carbonyl (C=O) groups excluding carboxylic acids is 2. The van der Waals surface area contributed by atoms with Crippen LogP contribution in [-0.4, -0.2) is 29.8 Å². The molecule has 0 radical (unpaired) electrons. The van der Waals surface area contributed by atoms with Crippen molar-refractivity contribution in [3.8, 4) is 0 Å². The molecule has 0 spiro atoms. The number of hydrogen-bond donors (Lipinski definition) is 1. The molecule has 25 heavy (non-hydrogen) atoms. The monoisotopic (exact) mass is 356 g/mol. The fraction of sp³-hybridized carbons (Fsp3) is 0.300. The number of ketones is 1. The second-order valence-electron chi connectivity index (χ2n) is 6.43. The van der Waals surface area contributed by atoms with Gasteiger partial charge in [-0.15, -0.1) is 0 Å². The number of amides is 2. The maximum atomic E-state index is 12.5. The van der Waals surface area contributed by atoms with Crippen LogP contribution in [0, 0.1) is 12.8 Å². The minimum Gasteiger partial charge on any atom is -0.324 e. The second kappa shape index (κ2) is 7.70. The molecule has 0 aromatic heterocycles. The van der Waals surface area contributed by atoms with Gasteiger partial charge in [-0.3, -0.25) is 4.79 Å². The second-order valence-corrected chi connectivity index (χ2v) is 6.87. The Balaban J connectivity index is 1.54. The molecule has 4 nitrogen and oxygen atoms in total. The Morgan fingerprint density at radius 2 is 1.60 bits per heavy atom. The first-order chi connectivity index (χ1) is 12.0. The highest BCUT2D eigenvalue weighted by molar-refractivity contribution is 6.30. The van der Waals surface area contributed by atoms with Crippen LogP contribution < -0.4 is 5.32 Å². The highest BCUT2D eigenvalue weighted by Crippen LogP contribution is 2.23. The fourth-order valence-electron chi connectivity index (χ4n) is 3.03. The molecule has 0 aliphatic carbocycles. The van der Waals surface area contributed by atoms with Gasteiger partial charge < -0.3 is 10.2 Å². The van der Waals surface area contributed by atoms with Gasteiger partial charge in [-0.1, -0.05) is 29.3 Å². The average Bonchev–Trinajstić information content (AvgIpc) is 2.64. The Hall–Kier alpha value is -2.33. The number of nitrogens with one attached hydrogen (secondary N) is 1. The van der Waals surface area contributed by atoms with Crippen molar-refractivity contribution in [2.45, 2.75) is 19.8 Å². The van der Waals surface area contributed by atoms with E-state index in [9.17, 15) is 9.59 Å². The van der Waals surface area contributed by atoms with Gasteiger partial charge in [0.2, 0.25) is 0 Å². The smallest absolute Gasteiger partial charge is 0.321 e. The van der Waals surface area contributed by atoms with Gasteiger partial charge in [-0.25, -0.2) is 4.79 Å². The summed E-state index contributed by atoms with van der Waals surface area (Å²) in [4.78, 5) is 26.7. The van der Waals surface area contributed by atoms with Crippen molar-refractivity contribution in [1.29, 1.82) is 0 Å². The van der Waals surface area contributed by atoms with Crippen LogP contribution >= 0.6 is 11.6 Å². The van der Waals surface area contributed by atoms with E-state index in [0.29, 0.717) is 36.5 Å². The molecule has 3 rings (SSSR count). The number of carbonyl (C=O) groups is 2. The molecule has 130 valence electrons. The van der Waals surface area contributed by atoms with E-state index >= 15 is 0 Å². The van der Waals surface area contributed by atoms with E-state index < -0.39 is 0 Å². The number of aryl methyl sites for hydroxylation is 1. The summed E-state index contributed by atoms with van der Waals surface area (Å²) in [6.45, 7) is 3.18. The highest BCUT2D eigenvalue weighted by Gasteiger charge is 2.28. The zero-order valence-corrected chi connectivity index (χ0v) is 14.9. The molecular weight excluding hydrogens is 336 g/mol. The molecular formula is C20H21ClN2O2. The minimum atomic E-state index is -0.110. The van der Waals surface area contributed by atoms with E-state index in [1.165, 1.54) is 0 Å². The van der Waals surface area contributed by atoms with Crippen LogP contribution in [0.2, 0.25) is 5.02 Å². The van der Waals surface area contributed by atoms with Gasteiger partial charge in [0.25, 0.3) is 0 Å². The van der Waals surface area contributed by atoms with Crippen molar-refractivity contribution < 1.29 is 9.59 Å². The quantitative estimate of drug-likeness (QED) is 0.805. The fourth-order valence-corrected chi connectivity index (χ4v) is 3.16. The lowest BCUT2D eigenvalue weighted by Crippen LogP contribution is -2.42. The summed E-state index contributed by atoms with van der Waals surface area (Å²) < 4.78 is 0. The van der Waals surface area contributed by atoms with Crippen molar-refractivity contribution in [1.82, 2.24) is 4.90 Å². The zero-order chi connectivity index (χ0) is 17.8. The van der Waals surface area contributed by atoms with Crippen molar-refractivity contribution in [3.63, 3.8) is 0 Å². The summed E-state index contributed by atoms with van der Waals surface area (Å²) >= 11 is 5.87. The number of hydrogen-bond acceptors (Lipinski definition) is 2. The Bertz CT molecular complexity index is 748. The molecule has 5 heteroatoms. The van der Waals surface area contributed by atoms with E-state index in [-0.39, 0.29) is 17.7 Å². The topological polar surface area (TPSA) is 49.4 Å². The summed E-state index contributed by atoms with van der Waals surface area (Å²) in [5.41, 5.74) is 2.63. The number of halogens is 1. The van der Waals surface area contributed by atoms with Gasteiger partial charge in [-0.05, 0) is 56.2 Å². The summed E-state index contributed by atoms with van der Waals surface area (Å²) in [6, 6.07) is 14.6. The molecule has 0 unspecified atom stereocenters. The first-order valence-corrected chi connectivity index (χ1v) is 8.83. The number of nitrogens with zero attached hydrogens (tertiary/aromatic N) is 1. The number of benzene rings is 2. The Kier molecular flexibility index (Phi) is 5.39. The van der Waals surface area contributed by atoms with E-state index in [4.69, 9.17) is 11.6 Å². The first kappa shape index (κ1) is 17.5. The maximum Gasteiger partial charge on any atom is 0.321 e. The molecule has 0 saturated carbocycles. The third-order valence-electron chi connectivity index (χ3n) is 4.58. The van der Waals surface area contributed by atoms with Crippen LogP contribution in [0.4, 0.5) is 10.5 Å². The standard InChI is InChI=1S/C20H21ClN2O2/c1-14-2-8-18(9-3-14)22-20(25)23-12-10-16(11-13-23)19(24)15-4-6-17(21)7-5-15/h2-9,16H,10-13H2,1H3,(H,22,25). The van der Waals surface area contributed by atoms with Crippen LogP contribution in [-0.2, 0) is 0 Å². The number of urea groups is 1. The molecule has 2 aromatic carbocycles. The lowest BCUT2D eigenvalue weighted by atomic mass is 9.89. The Morgan fingerprint density at radius 1 is 1.00 bits per heavy atom. The van der Waals surface area contributed by atoms with E-state index in [0.717, 1.165) is 11.3 Å². The van der Waals surface area contributed by atoms with E-state index in [1.54, 1.807) is 29.2 Å². The van der Waals surface area contributed by atoms with Crippen LogP contribution in [0.1, 0.15) is 28.8 Å². The first-order valence-electron chi connectivity index (χ1n) is 8.45. The van der Waals surface area contributed by atoms with Crippen LogP contribution in [0.5, 0.6) is 0 Å². The summed E-state index contributed by atoms with van der Waals surface area (Å²) in [5, 5.41) is 3.53. The number of piperidine rings is 1. The highest BCUT2D eigenvalue weighted by atomic mass is 35.5. The third-order valence-corrected chi connectivity index (χ3v) is 4.84. The molecule has 1 N–H and O–H groups in total. The van der Waals surface area contributed by atoms with Gasteiger partial charge >= 0.3 is 6.03 Å². The van der Waals surface area contributed by atoms with Gasteiger partial charge in [0.15, 0.2) is 5.78 Å². The third kappa shape index (κ3) is 4.40. The maximum absolute atomic E-state index is 12.5. The lowest BCUT2D eigenvalue weighted by molar-refractivity contribution is 0.0859. The molecule has 1 fully saturated rings. The SMILES string of the molecule is Cc1ccc(NC(=O)N2CCC(C(=O)c3ccc(Cl)cc3)CC2)cc1. The van der Waals surface area contributed by atoms with Gasteiger partial charge in [0.1, 0.15) is 0 Å². The predicted molar refractivity (Wildman–Crippen MR) is 100 cm³/mol. The van der Waals surface area contributed by atoms with Crippen LogP contribution in [0.25, 0.3) is 0 Å². The lowest BCUT2D eigenvalue weighted by Gasteiger charge is -2.31. The van der Waals surface area contributed by atoms with Crippen molar-refractivity contribution in [2.24, 2.45) is 5.92 Å². The summed E-state index contributed by atoms with van der Waals surface area (Å²) in [6.07, 6.45) is 1.37.